The SMILES string of the molecule is Cl.O=C(NCC(F)(F)F)C1CNC1. The van der Waals surface area contributed by atoms with Crippen molar-refractivity contribution in [2.75, 3.05) is 19.6 Å². The Morgan fingerprint density at radius 3 is 2.31 bits per heavy atom. The van der Waals surface area contributed by atoms with Crippen LogP contribution < -0.4 is 10.6 Å². The van der Waals surface area contributed by atoms with E-state index in [1.807, 2.05) is 5.32 Å². The third-order valence-electron chi connectivity index (χ3n) is 1.62. The summed E-state index contributed by atoms with van der Waals surface area (Å²) in [7, 11) is 0. The molecule has 1 aliphatic heterocycles. The van der Waals surface area contributed by atoms with Crippen LogP contribution in [0.25, 0.3) is 0 Å². The molecule has 0 aliphatic carbocycles. The van der Waals surface area contributed by atoms with E-state index in [0.717, 1.165) is 0 Å². The number of halogens is 4. The van der Waals surface area contributed by atoms with Crippen LogP contribution in [0.4, 0.5) is 13.2 Å². The molecule has 1 fully saturated rings. The first-order valence-electron chi connectivity index (χ1n) is 3.54. The molecule has 0 radical (unpaired) electrons. The first-order chi connectivity index (χ1) is 5.49. The van der Waals surface area contributed by atoms with Gasteiger partial charge in [-0.15, -0.1) is 12.4 Å². The molecule has 13 heavy (non-hydrogen) atoms. The quantitative estimate of drug-likeness (QED) is 0.700. The smallest absolute Gasteiger partial charge is 0.347 e. The number of hydrogen-bond donors (Lipinski definition) is 2. The zero-order valence-corrected chi connectivity index (χ0v) is 7.47. The molecule has 0 unspecified atom stereocenters. The van der Waals surface area contributed by atoms with Crippen molar-refractivity contribution in [3.63, 3.8) is 0 Å². The van der Waals surface area contributed by atoms with Crippen molar-refractivity contribution in [3.05, 3.63) is 0 Å². The summed E-state index contributed by atoms with van der Waals surface area (Å²) in [5.74, 6) is -0.807. The van der Waals surface area contributed by atoms with Crippen LogP contribution >= 0.6 is 12.4 Å². The Balaban J connectivity index is 0.00000144. The van der Waals surface area contributed by atoms with Gasteiger partial charge in [-0.25, -0.2) is 0 Å². The summed E-state index contributed by atoms with van der Waals surface area (Å²) >= 11 is 0. The van der Waals surface area contributed by atoms with Gasteiger partial charge in [-0.2, -0.15) is 13.2 Å². The summed E-state index contributed by atoms with van der Waals surface area (Å²) in [6.45, 7) is -0.282. The standard InChI is InChI=1S/C6H9F3N2O.ClH/c7-6(8,9)3-11-5(12)4-1-10-2-4;/h4,10H,1-3H2,(H,11,12);1H. The second-order valence-electron chi connectivity index (χ2n) is 2.69. The van der Waals surface area contributed by atoms with Gasteiger partial charge in [-0.05, 0) is 0 Å². The topological polar surface area (TPSA) is 41.1 Å². The molecule has 7 heteroatoms. The summed E-state index contributed by atoms with van der Waals surface area (Å²) in [5, 5.41) is 4.62. The fourth-order valence-electron chi connectivity index (χ4n) is 0.806. The van der Waals surface area contributed by atoms with Crippen molar-refractivity contribution >= 4 is 18.3 Å². The molecule has 0 atom stereocenters. The highest BCUT2D eigenvalue weighted by Gasteiger charge is 2.31. The van der Waals surface area contributed by atoms with E-state index >= 15 is 0 Å². The average molecular weight is 219 g/mol. The highest BCUT2D eigenvalue weighted by atomic mass is 35.5. The molecule has 0 aromatic carbocycles. The second kappa shape index (κ2) is 4.66. The zero-order chi connectivity index (χ0) is 9.19. The van der Waals surface area contributed by atoms with E-state index in [9.17, 15) is 18.0 Å². The number of rotatable bonds is 2. The lowest BCUT2D eigenvalue weighted by atomic mass is 10.0. The van der Waals surface area contributed by atoms with Crippen molar-refractivity contribution in [2.45, 2.75) is 6.18 Å². The summed E-state index contributed by atoms with van der Waals surface area (Å²) < 4.78 is 34.7. The molecule has 0 saturated carbocycles. The van der Waals surface area contributed by atoms with E-state index in [4.69, 9.17) is 0 Å². The van der Waals surface area contributed by atoms with Gasteiger partial charge in [0.05, 0.1) is 5.92 Å². The predicted molar refractivity (Wildman–Crippen MR) is 42.7 cm³/mol. The molecule has 1 saturated heterocycles. The molecule has 1 heterocycles. The van der Waals surface area contributed by atoms with Crippen LogP contribution in [0.3, 0.4) is 0 Å². The Hall–Kier alpha value is -0.490. The monoisotopic (exact) mass is 218 g/mol. The Bertz CT molecular complexity index is 181. The lowest BCUT2D eigenvalue weighted by Gasteiger charge is -2.25. The molecule has 78 valence electrons. The summed E-state index contributed by atoms with van der Waals surface area (Å²) in [6.07, 6.45) is -4.31. The van der Waals surface area contributed by atoms with E-state index in [-0.39, 0.29) is 18.3 Å². The third kappa shape index (κ3) is 4.33. The molecule has 3 nitrogen and oxygen atoms in total. The van der Waals surface area contributed by atoms with Crippen LogP contribution in [-0.4, -0.2) is 31.7 Å². The van der Waals surface area contributed by atoms with Crippen molar-refractivity contribution in [1.29, 1.82) is 0 Å². The largest absolute Gasteiger partial charge is 0.405 e. The molecule has 0 spiro atoms. The number of alkyl halides is 3. The molecule has 1 rings (SSSR count). The first-order valence-corrected chi connectivity index (χ1v) is 3.54. The van der Waals surface area contributed by atoms with Crippen molar-refractivity contribution < 1.29 is 18.0 Å². The van der Waals surface area contributed by atoms with E-state index < -0.39 is 18.6 Å². The number of carbonyl (C=O) groups excluding carboxylic acids is 1. The van der Waals surface area contributed by atoms with E-state index in [1.54, 1.807) is 0 Å². The maximum Gasteiger partial charge on any atom is 0.405 e. The van der Waals surface area contributed by atoms with Crippen LogP contribution in [0.15, 0.2) is 0 Å². The van der Waals surface area contributed by atoms with E-state index in [2.05, 4.69) is 5.32 Å². The Labute approximate surface area is 79.5 Å². The maximum absolute atomic E-state index is 11.6. The minimum absolute atomic E-state index is 0. The summed E-state index contributed by atoms with van der Waals surface area (Å²) in [6, 6.07) is 0. The molecule has 1 amide bonds. The fraction of sp³-hybridized carbons (Fsp3) is 0.833. The molecule has 0 bridgehead atoms. The minimum Gasteiger partial charge on any atom is -0.347 e. The van der Waals surface area contributed by atoms with E-state index in [1.165, 1.54) is 0 Å². The van der Waals surface area contributed by atoms with Gasteiger partial charge < -0.3 is 10.6 Å². The lowest BCUT2D eigenvalue weighted by Crippen LogP contribution is -2.52. The normalized spacial score (nSPS) is 17.2. The lowest BCUT2D eigenvalue weighted by molar-refractivity contribution is -0.141. The Kier molecular flexibility index (Phi) is 4.49. The van der Waals surface area contributed by atoms with Crippen LogP contribution in [0.2, 0.25) is 0 Å². The molecular formula is C6H10ClF3N2O. The van der Waals surface area contributed by atoms with Gasteiger partial charge >= 0.3 is 6.18 Å². The number of amides is 1. The van der Waals surface area contributed by atoms with Crippen LogP contribution in [-0.2, 0) is 4.79 Å². The van der Waals surface area contributed by atoms with Gasteiger partial charge in [0.15, 0.2) is 0 Å². The molecule has 2 N–H and O–H groups in total. The summed E-state index contributed by atoms with van der Waals surface area (Å²) in [4.78, 5) is 10.8. The molecular weight excluding hydrogens is 209 g/mol. The van der Waals surface area contributed by atoms with Gasteiger partial charge in [0, 0.05) is 13.1 Å². The van der Waals surface area contributed by atoms with Crippen LogP contribution in [0, 0.1) is 5.92 Å². The number of hydrogen-bond acceptors (Lipinski definition) is 2. The minimum atomic E-state index is -4.31. The van der Waals surface area contributed by atoms with Gasteiger partial charge in [0.1, 0.15) is 6.54 Å². The van der Waals surface area contributed by atoms with Gasteiger partial charge in [-0.3, -0.25) is 4.79 Å². The summed E-state index contributed by atoms with van der Waals surface area (Å²) in [5.41, 5.74) is 0. The van der Waals surface area contributed by atoms with Crippen molar-refractivity contribution in [1.82, 2.24) is 10.6 Å². The molecule has 1 aliphatic rings. The van der Waals surface area contributed by atoms with Crippen LogP contribution in [0.1, 0.15) is 0 Å². The third-order valence-corrected chi connectivity index (χ3v) is 1.62. The van der Waals surface area contributed by atoms with Crippen molar-refractivity contribution in [2.24, 2.45) is 5.92 Å². The average Bonchev–Trinajstić information content (AvgIpc) is 1.78. The maximum atomic E-state index is 11.6. The van der Waals surface area contributed by atoms with Gasteiger partial charge in [0.2, 0.25) is 5.91 Å². The first kappa shape index (κ1) is 12.5. The van der Waals surface area contributed by atoms with Gasteiger partial charge in [-0.1, -0.05) is 0 Å². The highest BCUT2D eigenvalue weighted by Crippen LogP contribution is 2.13. The van der Waals surface area contributed by atoms with Crippen LogP contribution in [0.5, 0.6) is 0 Å². The fourth-order valence-corrected chi connectivity index (χ4v) is 0.806. The zero-order valence-electron chi connectivity index (χ0n) is 6.65. The Morgan fingerprint density at radius 2 is 2.00 bits per heavy atom. The number of nitrogens with one attached hydrogen (secondary N) is 2. The number of carbonyl (C=O) groups is 1. The van der Waals surface area contributed by atoms with Crippen molar-refractivity contribution in [3.8, 4) is 0 Å². The van der Waals surface area contributed by atoms with Gasteiger partial charge in [0.25, 0.3) is 0 Å². The predicted octanol–water partition coefficient (Wildman–Crippen LogP) is 0.306. The highest BCUT2D eigenvalue weighted by molar-refractivity contribution is 5.85. The Morgan fingerprint density at radius 1 is 1.46 bits per heavy atom. The van der Waals surface area contributed by atoms with E-state index in [0.29, 0.717) is 13.1 Å². The molecule has 0 aromatic rings. The second-order valence-corrected chi connectivity index (χ2v) is 2.69. The molecule has 0 aromatic heterocycles.